The first kappa shape index (κ1) is 12.3. The Hall–Kier alpha value is -1.16. The minimum atomic E-state index is -0.393. The highest BCUT2D eigenvalue weighted by molar-refractivity contribution is 14.1. The zero-order chi connectivity index (χ0) is 12.6. The van der Waals surface area contributed by atoms with Gasteiger partial charge in [0.15, 0.2) is 0 Å². The number of anilines is 1. The summed E-state index contributed by atoms with van der Waals surface area (Å²) in [7, 11) is 0. The quantitative estimate of drug-likeness (QED) is 0.515. The summed E-state index contributed by atoms with van der Waals surface area (Å²) in [4.78, 5) is 11.0. The summed E-state index contributed by atoms with van der Waals surface area (Å²) in [6, 6.07) is 3.23. The fourth-order valence-corrected chi connectivity index (χ4v) is 2.58. The molecule has 0 saturated heterocycles. The Morgan fingerprint density at radius 2 is 2.35 bits per heavy atom. The molecule has 0 spiro atoms. The molecule has 0 radical (unpaired) electrons. The number of nitrogens with two attached hydrogens (primary N) is 1. The first-order valence-corrected chi connectivity index (χ1v) is 6.60. The second-order valence-electron chi connectivity index (χ2n) is 3.44. The van der Waals surface area contributed by atoms with E-state index in [1.54, 1.807) is 10.7 Å². The van der Waals surface area contributed by atoms with Crippen LogP contribution in [0.3, 0.4) is 0 Å². The van der Waals surface area contributed by atoms with Crippen LogP contribution in [0.4, 0.5) is 10.8 Å². The SMILES string of the molecule is Cc1nn(Cc2ccc([N+](=O)[O-])s2)c(N)c1I. The third kappa shape index (κ3) is 2.41. The molecule has 0 aliphatic carbocycles. The molecule has 90 valence electrons. The molecular weight excluding hydrogens is 355 g/mol. The van der Waals surface area contributed by atoms with Gasteiger partial charge in [-0.2, -0.15) is 5.10 Å². The predicted octanol–water partition coefficient (Wildman–Crippen LogP) is 2.40. The summed E-state index contributed by atoms with van der Waals surface area (Å²) in [6.45, 7) is 2.35. The van der Waals surface area contributed by atoms with E-state index in [2.05, 4.69) is 27.7 Å². The Morgan fingerprint density at radius 3 is 2.82 bits per heavy atom. The largest absolute Gasteiger partial charge is 0.383 e. The van der Waals surface area contributed by atoms with Crippen LogP contribution in [-0.2, 0) is 6.54 Å². The van der Waals surface area contributed by atoms with Crippen LogP contribution in [0.1, 0.15) is 10.6 Å². The van der Waals surface area contributed by atoms with Crippen molar-refractivity contribution >= 4 is 44.7 Å². The van der Waals surface area contributed by atoms with Gasteiger partial charge in [-0.25, -0.2) is 4.68 Å². The lowest BCUT2D eigenvalue weighted by atomic mass is 10.4. The number of nitrogen functional groups attached to an aromatic ring is 1. The lowest BCUT2D eigenvalue weighted by molar-refractivity contribution is -0.380. The number of hydrogen-bond donors (Lipinski definition) is 1. The fraction of sp³-hybridized carbons (Fsp3) is 0.222. The van der Waals surface area contributed by atoms with Crippen LogP contribution in [0.2, 0.25) is 0 Å². The maximum absolute atomic E-state index is 10.6. The number of halogens is 1. The molecule has 2 aromatic rings. The van der Waals surface area contributed by atoms with E-state index < -0.39 is 4.92 Å². The molecule has 0 aliphatic rings. The molecule has 0 bridgehead atoms. The van der Waals surface area contributed by atoms with Crippen molar-refractivity contribution in [2.75, 3.05) is 5.73 Å². The van der Waals surface area contributed by atoms with Gasteiger partial charge >= 0.3 is 5.00 Å². The first-order valence-electron chi connectivity index (χ1n) is 4.70. The van der Waals surface area contributed by atoms with Crippen LogP contribution >= 0.6 is 33.9 Å². The van der Waals surface area contributed by atoms with Crippen LogP contribution in [-0.4, -0.2) is 14.7 Å². The first-order chi connectivity index (χ1) is 7.99. The molecule has 0 fully saturated rings. The molecule has 0 saturated carbocycles. The van der Waals surface area contributed by atoms with Gasteiger partial charge in [-0.15, -0.1) is 0 Å². The summed E-state index contributed by atoms with van der Waals surface area (Å²) in [5, 5.41) is 15.0. The van der Waals surface area contributed by atoms with E-state index >= 15 is 0 Å². The Kier molecular flexibility index (Phi) is 3.33. The van der Waals surface area contributed by atoms with Crippen molar-refractivity contribution in [3.8, 4) is 0 Å². The topological polar surface area (TPSA) is 87.0 Å². The molecule has 0 aliphatic heterocycles. The molecule has 0 aromatic carbocycles. The molecule has 6 nitrogen and oxygen atoms in total. The van der Waals surface area contributed by atoms with E-state index in [0.29, 0.717) is 12.4 Å². The van der Waals surface area contributed by atoms with E-state index in [0.717, 1.165) is 25.5 Å². The van der Waals surface area contributed by atoms with E-state index in [9.17, 15) is 10.1 Å². The molecule has 0 atom stereocenters. The summed E-state index contributed by atoms with van der Waals surface area (Å²) in [5.41, 5.74) is 6.75. The summed E-state index contributed by atoms with van der Waals surface area (Å²) < 4.78 is 2.58. The van der Waals surface area contributed by atoms with Crippen LogP contribution in [0.5, 0.6) is 0 Å². The maximum atomic E-state index is 10.6. The highest BCUT2D eigenvalue weighted by Crippen LogP contribution is 2.26. The third-order valence-electron chi connectivity index (χ3n) is 2.22. The van der Waals surface area contributed by atoms with Gasteiger partial charge in [0.05, 0.1) is 20.7 Å². The van der Waals surface area contributed by atoms with Gasteiger partial charge in [0, 0.05) is 10.9 Å². The lowest BCUT2D eigenvalue weighted by Gasteiger charge is -2.00. The molecule has 0 amide bonds. The summed E-state index contributed by atoms with van der Waals surface area (Å²) >= 11 is 3.28. The Balaban J connectivity index is 2.25. The van der Waals surface area contributed by atoms with Gasteiger partial charge in [-0.3, -0.25) is 10.1 Å². The number of aromatic nitrogens is 2. The second kappa shape index (κ2) is 4.61. The molecule has 2 aromatic heterocycles. The van der Waals surface area contributed by atoms with E-state index in [1.165, 1.54) is 6.07 Å². The molecular formula is C9H9IN4O2S. The normalized spacial score (nSPS) is 10.7. The monoisotopic (exact) mass is 364 g/mol. The number of nitro groups is 1. The smallest absolute Gasteiger partial charge is 0.324 e. The minimum Gasteiger partial charge on any atom is -0.383 e. The van der Waals surface area contributed by atoms with Gasteiger partial charge in [0.2, 0.25) is 0 Å². The van der Waals surface area contributed by atoms with E-state index in [1.807, 2.05) is 6.92 Å². The lowest BCUT2D eigenvalue weighted by Crippen LogP contribution is -2.05. The second-order valence-corrected chi connectivity index (χ2v) is 5.66. The maximum Gasteiger partial charge on any atom is 0.324 e. The van der Waals surface area contributed by atoms with Gasteiger partial charge in [-0.05, 0) is 35.6 Å². The van der Waals surface area contributed by atoms with Gasteiger partial charge in [0.25, 0.3) is 0 Å². The number of thiophene rings is 1. The summed E-state index contributed by atoms with van der Waals surface area (Å²) in [6.07, 6.45) is 0. The van der Waals surface area contributed by atoms with Crippen molar-refractivity contribution < 1.29 is 4.92 Å². The average molecular weight is 364 g/mol. The van der Waals surface area contributed by atoms with Crippen molar-refractivity contribution in [3.05, 3.63) is 36.4 Å². The van der Waals surface area contributed by atoms with Crippen molar-refractivity contribution in [1.82, 2.24) is 9.78 Å². The number of aryl methyl sites for hydroxylation is 1. The molecule has 2 rings (SSSR count). The number of nitrogens with zero attached hydrogens (tertiary/aromatic N) is 3. The van der Waals surface area contributed by atoms with Crippen LogP contribution in [0.15, 0.2) is 12.1 Å². The van der Waals surface area contributed by atoms with Crippen molar-refractivity contribution in [3.63, 3.8) is 0 Å². The third-order valence-corrected chi connectivity index (χ3v) is 4.58. The standard InChI is InChI=1S/C9H9IN4O2S/c1-5-8(10)9(11)13(12-5)4-6-2-3-7(17-6)14(15)16/h2-3H,4,11H2,1H3. The van der Waals surface area contributed by atoms with Crippen LogP contribution in [0, 0.1) is 20.6 Å². The van der Waals surface area contributed by atoms with Crippen LogP contribution in [0.25, 0.3) is 0 Å². The molecule has 2 heterocycles. The van der Waals surface area contributed by atoms with E-state index in [-0.39, 0.29) is 5.00 Å². The highest BCUT2D eigenvalue weighted by Gasteiger charge is 2.13. The highest BCUT2D eigenvalue weighted by atomic mass is 127. The number of rotatable bonds is 3. The molecule has 0 unspecified atom stereocenters. The average Bonchev–Trinajstić information content (AvgIpc) is 2.82. The zero-order valence-corrected chi connectivity index (χ0v) is 11.9. The Bertz CT molecular complexity index is 578. The van der Waals surface area contributed by atoms with Gasteiger partial charge in [0.1, 0.15) is 5.82 Å². The van der Waals surface area contributed by atoms with Gasteiger partial charge < -0.3 is 5.73 Å². The van der Waals surface area contributed by atoms with Gasteiger partial charge in [-0.1, -0.05) is 11.3 Å². The minimum absolute atomic E-state index is 0.136. The molecule has 2 N–H and O–H groups in total. The van der Waals surface area contributed by atoms with Crippen molar-refractivity contribution in [2.45, 2.75) is 13.5 Å². The van der Waals surface area contributed by atoms with E-state index in [4.69, 9.17) is 5.73 Å². The van der Waals surface area contributed by atoms with Crippen LogP contribution < -0.4 is 5.73 Å². The Labute approximate surface area is 115 Å². The van der Waals surface area contributed by atoms with Crippen molar-refractivity contribution in [2.24, 2.45) is 0 Å². The number of hydrogen-bond acceptors (Lipinski definition) is 5. The predicted molar refractivity (Wildman–Crippen MR) is 74.2 cm³/mol. The Morgan fingerprint density at radius 1 is 1.65 bits per heavy atom. The molecule has 8 heteroatoms. The summed E-state index contributed by atoms with van der Waals surface area (Å²) in [5.74, 6) is 0.596. The van der Waals surface area contributed by atoms with Crippen molar-refractivity contribution in [1.29, 1.82) is 0 Å². The fourth-order valence-electron chi connectivity index (χ4n) is 1.40. The molecule has 17 heavy (non-hydrogen) atoms. The zero-order valence-electron chi connectivity index (χ0n) is 8.88.